The number of halogens is 1. The van der Waals surface area contributed by atoms with Gasteiger partial charge in [0.05, 0.1) is 7.11 Å². The predicted molar refractivity (Wildman–Crippen MR) is 42.7 cm³/mol. The van der Waals surface area contributed by atoms with Crippen LogP contribution in [0.5, 0.6) is 0 Å². The molecule has 0 aliphatic carbocycles. The third-order valence-electron chi connectivity index (χ3n) is 1.10. The fourth-order valence-electron chi connectivity index (χ4n) is 0.716. The summed E-state index contributed by atoms with van der Waals surface area (Å²) in [4.78, 5) is 4.84. The van der Waals surface area contributed by atoms with E-state index in [0.717, 1.165) is 10.2 Å². The quantitative estimate of drug-likeness (QED) is 0.567. The van der Waals surface area contributed by atoms with Crippen molar-refractivity contribution in [2.24, 2.45) is 0 Å². The van der Waals surface area contributed by atoms with Crippen molar-refractivity contribution >= 4 is 21.6 Å². The van der Waals surface area contributed by atoms with E-state index < -0.39 is 0 Å². The van der Waals surface area contributed by atoms with Crippen LogP contribution in [0.1, 0.15) is 0 Å². The number of rotatable bonds is 2. The lowest BCUT2D eigenvalue weighted by atomic mass is 10.3. The maximum absolute atomic E-state index is 4.84. The minimum absolute atomic E-state index is 1.07. The van der Waals surface area contributed by atoms with Crippen LogP contribution >= 0.6 is 15.9 Å². The summed E-state index contributed by atoms with van der Waals surface area (Å²) >= 11 is 3.36. The second-order valence-corrected chi connectivity index (χ2v) is 2.82. The molecule has 0 amide bonds. The number of benzene rings is 1. The number of nitrogens with two attached hydrogens (primary N) is 1. The van der Waals surface area contributed by atoms with Crippen LogP contribution in [0.3, 0.4) is 0 Å². The van der Waals surface area contributed by atoms with Crippen LogP contribution in [0.25, 0.3) is 0 Å². The van der Waals surface area contributed by atoms with Crippen molar-refractivity contribution in [2.45, 2.75) is 0 Å². The highest BCUT2D eigenvalue weighted by Crippen LogP contribution is 2.11. The maximum atomic E-state index is 4.84. The van der Waals surface area contributed by atoms with E-state index in [1.54, 1.807) is 12.6 Å². The van der Waals surface area contributed by atoms with E-state index in [1.807, 2.05) is 24.3 Å². The van der Waals surface area contributed by atoms with Crippen molar-refractivity contribution in [1.82, 2.24) is 0 Å². The first-order valence-corrected chi connectivity index (χ1v) is 3.74. The Hall–Kier alpha value is -0.380. The normalized spacial score (nSPS) is 9.80. The summed E-state index contributed by atoms with van der Waals surface area (Å²) in [6.07, 6.45) is 0. The molecule has 0 fully saturated rings. The summed E-state index contributed by atoms with van der Waals surface area (Å²) in [5, 5.41) is 0. The van der Waals surface area contributed by atoms with Crippen molar-refractivity contribution in [3.05, 3.63) is 28.7 Å². The molecule has 1 rings (SSSR count). The summed E-state index contributed by atoms with van der Waals surface area (Å²) in [7, 11) is 1.64. The van der Waals surface area contributed by atoms with E-state index in [9.17, 15) is 0 Å². The smallest absolute Gasteiger partial charge is 0.163 e. The van der Waals surface area contributed by atoms with Crippen LogP contribution in [-0.4, -0.2) is 7.11 Å². The zero-order valence-corrected chi connectivity index (χ0v) is 7.26. The second kappa shape index (κ2) is 3.71. The molecule has 0 aliphatic rings. The van der Waals surface area contributed by atoms with Gasteiger partial charge >= 0.3 is 0 Å². The third kappa shape index (κ3) is 2.10. The van der Waals surface area contributed by atoms with Crippen molar-refractivity contribution in [3.63, 3.8) is 0 Å². The largest absolute Gasteiger partial charge is 0.204 e. The van der Waals surface area contributed by atoms with Crippen LogP contribution in [0.15, 0.2) is 28.7 Å². The molecule has 0 spiro atoms. The lowest BCUT2D eigenvalue weighted by molar-refractivity contribution is -0.830. The highest BCUT2D eigenvalue weighted by Gasteiger charge is 1.94. The Labute approximate surface area is 68.3 Å². The minimum Gasteiger partial charge on any atom is -0.204 e. The van der Waals surface area contributed by atoms with Crippen LogP contribution in [-0.2, 0) is 4.84 Å². The molecule has 54 valence electrons. The maximum Gasteiger partial charge on any atom is 0.163 e. The average Bonchev–Trinajstić information content (AvgIpc) is 1.88. The van der Waals surface area contributed by atoms with Crippen molar-refractivity contribution < 1.29 is 10.3 Å². The average molecular weight is 203 g/mol. The standard InChI is InChI=1S/C7H8BrNO/c1-10-9-7-4-2-3-6(8)5-7/h2-5,9H,1H3/p+1. The molecule has 2 N–H and O–H groups in total. The molecule has 0 atom stereocenters. The van der Waals surface area contributed by atoms with Gasteiger partial charge in [-0.05, 0) is 6.07 Å². The number of hydrogen-bond donors (Lipinski definition) is 1. The van der Waals surface area contributed by atoms with Crippen LogP contribution in [0.4, 0.5) is 5.69 Å². The third-order valence-corrected chi connectivity index (χ3v) is 1.60. The summed E-state index contributed by atoms with van der Waals surface area (Å²) in [5.74, 6) is 0. The van der Waals surface area contributed by atoms with E-state index in [2.05, 4.69) is 15.9 Å². The van der Waals surface area contributed by atoms with Crippen molar-refractivity contribution in [3.8, 4) is 0 Å². The summed E-state index contributed by atoms with van der Waals surface area (Å²) in [6.45, 7) is 0. The molecule has 0 heterocycles. The zero-order chi connectivity index (χ0) is 7.40. The number of hydrogen-bond acceptors (Lipinski definition) is 1. The molecule has 1 aromatic carbocycles. The van der Waals surface area contributed by atoms with E-state index in [4.69, 9.17) is 4.84 Å². The highest BCUT2D eigenvalue weighted by atomic mass is 79.9. The highest BCUT2D eigenvalue weighted by molar-refractivity contribution is 9.10. The molecule has 0 aromatic heterocycles. The minimum atomic E-state index is 1.07. The van der Waals surface area contributed by atoms with Crippen LogP contribution in [0, 0.1) is 0 Å². The Morgan fingerprint density at radius 3 is 2.90 bits per heavy atom. The summed E-state index contributed by atoms with van der Waals surface area (Å²) in [5.41, 5.74) is 2.77. The first kappa shape index (κ1) is 7.72. The fraction of sp³-hybridized carbons (Fsp3) is 0.143. The SMILES string of the molecule is CO[NH2+]c1cccc(Br)c1. The number of quaternary nitrogens is 1. The summed E-state index contributed by atoms with van der Waals surface area (Å²) < 4.78 is 1.07. The predicted octanol–water partition coefficient (Wildman–Crippen LogP) is 1.21. The van der Waals surface area contributed by atoms with Gasteiger partial charge in [-0.25, -0.2) is 4.84 Å². The van der Waals surface area contributed by atoms with Gasteiger partial charge in [0.15, 0.2) is 5.69 Å². The Bertz CT molecular complexity index is 215. The molecule has 1 aromatic rings. The fourth-order valence-corrected chi connectivity index (χ4v) is 1.13. The Morgan fingerprint density at radius 2 is 2.30 bits per heavy atom. The first-order valence-electron chi connectivity index (χ1n) is 2.94. The molecule has 0 unspecified atom stereocenters. The molecular weight excluding hydrogens is 194 g/mol. The van der Waals surface area contributed by atoms with Gasteiger partial charge in [-0.15, -0.1) is 0 Å². The Balaban J connectivity index is 2.75. The van der Waals surface area contributed by atoms with Crippen LogP contribution < -0.4 is 5.48 Å². The lowest BCUT2D eigenvalue weighted by Gasteiger charge is -1.94. The van der Waals surface area contributed by atoms with E-state index >= 15 is 0 Å². The first-order chi connectivity index (χ1) is 4.83. The second-order valence-electron chi connectivity index (χ2n) is 1.91. The van der Waals surface area contributed by atoms with Gasteiger partial charge in [-0.1, -0.05) is 22.0 Å². The van der Waals surface area contributed by atoms with E-state index in [-0.39, 0.29) is 0 Å². The Morgan fingerprint density at radius 1 is 1.50 bits per heavy atom. The van der Waals surface area contributed by atoms with Gasteiger partial charge in [0.2, 0.25) is 0 Å². The lowest BCUT2D eigenvalue weighted by Crippen LogP contribution is -2.75. The van der Waals surface area contributed by atoms with Gasteiger partial charge in [-0.3, -0.25) is 0 Å². The van der Waals surface area contributed by atoms with E-state index in [1.165, 1.54) is 0 Å². The monoisotopic (exact) mass is 202 g/mol. The molecule has 0 bridgehead atoms. The topological polar surface area (TPSA) is 25.8 Å². The molecule has 0 saturated heterocycles. The Kier molecular flexibility index (Phi) is 2.86. The molecule has 0 radical (unpaired) electrons. The molecule has 3 heteroatoms. The van der Waals surface area contributed by atoms with Crippen molar-refractivity contribution in [1.29, 1.82) is 0 Å². The van der Waals surface area contributed by atoms with Gasteiger partial charge in [0.1, 0.15) is 0 Å². The molecule has 2 nitrogen and oxygen atoms in total. The van der Waals surface area contributed by atoms with Gasteiger partial charge in [0.25, 0.3) is 0 Å². The zero-order valence-electron chi connectivity index (χ0n) is 5.67. The van der Waals surface area contributed by atoms with E-state index in [0.29, 0.717) is 0 Å². The molecular formula is C7H9BrNO+. The molecule has 0 aliphatic heterocycles. The van der Waals surface area contributed by atoms with Crippen LogP contribution in [0.2, 0.25) is 0 Å². The molecule has 10 heavy (non-hydrogen) atoms. The van der Waals surface area contributed by atoms with Gasteiger partial charge in [0, 0.05) is 16.6 Å². The summed E-state index contributed by atoms with van der Waals surface area (Å²) in [6, 6.07) is 7.92. The molecule has 0 saturated carbocycles. The van der Waals surface area contributed by atoms with Gasteiger partial charge in [-0.2, -0.15) is 5.48 Å². The van der Waals surface area contributed by atoms with Gasteiger partial charge < -0.3 is 0 Å². The van der Waals surface area contributed by atoms with Crippen molar-refractivity contribution in [2.75, 3.05) is 7.11 Å².